The molecule has 258 valence electrons. The van der Waals surface area contributed by atoms with E-state index < -0.39 is 33.3 Å². The monoisotopic (exact) mass is 730 g/mol. The summed E-state index contributed by atoms with van der Waals surface area (Å²) in [5.41, 5.74) is 0.527. The van der Waals surface area contributed by atoms with E-state index in [1.807, 2.05) is 13.8 Å². The molecule has 2 aromatic carbocycles. The first-order valence-electron chi connectivity index (χ1n) is 14.5. The maximum atomic E-state index is 13.1. The lowest BCUT2D eigenvalue weighted by molar-refractivity contribution is 0.102. The van der Waals surface area contributed by atoms with Crippen LogP contribution >= 0.6 is 18.7 Å². The van der Waals surface area contributed by atoms with E-state index in [1.54, 1.807) is 49.3 Å². The van der Waals surface area contributed by atoms with Crippen LogP contribution in [0.25, 0.3) is 0 Å². The zero-order valence-corrected chi connectivity index (χ0v) is 30.0. The van der Waals surface area contributed by atoms with Crippen LogP contribution in [0.2, 0.25) is 0 Å². The molecule has 0 saturated carbocycles. The predicted molar refractivity (Wildman–Crippen MR) is 179 cm³/mol. The van der Waals surface area contributed by atoms with Gasteiger partial charge in [-0.05, 0) is 57.2 Å². The van der Waals surface area contributed by atoms with Gasteiger partial charge in [-0.2, -0.15) is 13.1 Å². The highest BCUT2D eigenvalue weighted by Crippen LogP contribution is 2.46. The minimum absolute atomic E-state index is 0.146. The number of amides is 1. The van der Waals surface area contributed by atoms with Gasteiger partial charge in [-0.25, -0.2) is 18.1 Å². The quantitative estimate of drug-likeness (QED) is 0.237. The molecule has 3 N–H and O–H groups in total. The molecule has 2 aliphatic rings. The van der Waals surface area contributed by atoms with Gasteiger partial charge >= 0.3 is 0 Å². The molecule has 1 aromatic heterocycles. The fraction of sp³-hybridized carbons (Fsp3) is 0.448. The van der Waals surface area contributed by atoms with Gasteiger partial charge < -0.3 is 18.7 Å². The van der Waals surface area contributed by atoms with Crippen molar-refractivity contribution in [3.05, 3.63) is 59.1 Å². The van der Waals surface area contributed by atoms with Gasteiger partial charge in [-0.1, -0.05) is 0 Å². The maximum absolute atomic E-state index is 13.1. The Hall–Kier alpha value is -2.89. The number of hydrogen-bond donors (Lipinski definition) is 3. The van der Waals surface area contributed by atoms with Gasteiger partial charge in [0.15, 0.2) is 15.0 Å². The van der Waals surface area contributed by atoms with Crippen molar-refractivity contribution in [2.75, 3.05) is 44.6 Å². The van der Waals surface area contributed by atoms with Gasteiger partial charge in [-0.15, -0.1) is 11.3 Å². The third-order valence-electron chi connectivity index (χ3n) is 6.56. The molecule has 0 spiro atoms. The Morgan fingerprint density at radius 2 is 1.87 bits per heavy atom. The molecule has 2 unspecified atom stereocenters. The van der Waals surface area contributed by atoms with Crippen LogP contribution in [0.4, 0.5) is 5.13 Å². The van der Waals surface area contributed by atoms with Crippen LogP contribution in [-0.4, -0.2) is 78.7 Å². The number of aromatic nitrogens is 1. The molecule has 0 bridgehead atoms. The SMILES string of the molecule is CC1(C)CNS(=O)(=O)N1.CCOP(C)(=O)Cc1csc(NC(=O)c2cc(Oc3ccc(S(C)(=O)=O)cc3)cc(OC3CCOC3)c2)n1. The molecule has 5 rings (SSSR count). The van der Waals surface area contributed by atoms with Crippen molar-refractivity contribution in [3.8, 4) is 17.2 Å². The van der Waals surface area contributed by atoms with Crippen molar-refractivity contribution in [1.29, 1.82) is 0 Å². The molecule has 14 nitrogen and oxygen atoms in total. The van der Waals surface area contributed by atoms with E-state index in [1.165, 1.54) is 23.5 Å². The first-order chi connectivity index (χ1) is 21.9. The summed E-state index contributed by atoms with van der Waals surface area (Å²) in [6.45, 7) is 8.85. The Bertz CT molecular complexity index is 1820. The molecule has 2 fully saturated rings. The first kappa shape index (κ1) is 36.9. The fourth-order valence-corrected chi connectivity index (χ4v) is 8.72. The van der Waals surface area contributed by atoms with Crippen LogP contribution in [-0.2, 0) is 40.0 Å². The first-order valence-corrected chi connectivity index (χ1v) is 21.1. The van der Waals surface area contributed by atoms with Gasteiger partial charge in [0.25, 0.3) is 16.1 Å². The van der Waals surface area contributed by atoms with E-state index in [4.69, 9.17) is 18.7 Å². The normalized spacial score (nSPS) is 19.6. The minimum atomic E-state index is -3.34. The van der Waals surface area contributed by atoms with E-state index in [0.29, 0.717) is 54.4 Å². The van der Waals surface area contributed by atoms with E-state index in [9.17, 15) is 26.2 Å². The Morgan fingerprint density at radius 1 is 1.17 bits per heavy atom. The lowest BCUT2D eigenvalue weighted by Crippen LogP contribution is -2.36. The second-order valence-electron chi connectivity index (χ2n) is 11.6. The topological polar surface area (TPSA) is 188 Å². The maximum Gasteiger partial charge on any atom is 0.277 e. The van der Waals surface area contributed by atoms with Crippen molar-refractivity contribution in [2.24, 2.45) is 0 Å². The number of benzene rings is 2. The molecule has 47 heavy (non-hydrogen) atoms. The number of ether oxygens (including phenoxy) is 3. The van der Waals surface area contributed by atoms with Gasteiger partial charge in [0, 0.05) is 48.4 Å². The number of nitrogens with zero attached hydrogens (tertiary/aromatic N) is 1. The van der Waals surface area contributed by atoms with Crippen molar-refractivity contribution in [3.63, 3.8) is 0 Å². The average Bonchev–Trinajstić information content (AvgIpc) is 3.69. The molecule has 3 aromatic rings. The van der Waals surface area contributed by atoms with Gasteiger partial charge in [0.2, 0.25) is 7.37 Å². The van der Waals surface area contributed by atoms with Crippen LogP contribution in [0.5, 0.6) is 17.2 Å². The number of sulfone groups is 1. The highest BCUT2D eigenvalue weighted by atomic mass is 32.2. The lowest BCUT2D eigenvalue weighted by atomic mass is 10.1. The van der Waals surface area contributed by atoms with E-state index in [2.05, 4.69) is 19.7 Å². The van der Waals surface area contributed by atoms with Crippen LogP contribution in [0.1, 0.15) is 43.2 Å². The second kappa shape index (κ2) is 15.1. The Morgan fingerprint density at radius 3 is 2.43 bits per heavy atom. The molecular formula is C29H39N4O10PS3. The molecule has 18 heteroatoms. The number of nitrogens with one attached hydrogen (secondary N) is 3. The summed E-state index contributed by atoms with van der Waals surface area (Å²) in [5, 5.41) is 4.86. The summed E-state index contributed by atoms with van der Waals surface area (Å²) < 4.78 is 84.6. The summed E-state index contributed by atoms with van der Waals surface area (Å²) in [4.78, 5) is 17.7. The van der Waals surface area contributed by atoms with E-state index in [-0.39, 0.29) is 28.3 Å². The van der Waals surface area contributed by atoms with Crippen molar-refractivity contribution in [2.45, 2.75) is 49.9 Å². The van der Waals surface area contributed by atoms with Crippen LogP contribution in [0, 0.1) is 0 Å². The molecule has 0 radical (unpaired) electrons. The average molecular weight is 731 g/mol. The van der Waals surface area contributed by atoms with Gasteiger partial charge in [0.1, 0.15) is 23.4 Å². The van der Waals surface area contributed by atoms with Crippen LogP contribution in [0.15, 0.2) is 52.7 Å². The second-order valence-corrected chi connectivity index (χ2v) is 18.6. The molecular weight excluding hydrogens is 692 g/mol. The highest BCUT2D eigenvalue weighted by molar-refractivity contribution is 7.90. The van der Waals surface area contributed by atoms with E-state index >= 15 is 0 Å². The molecule has 1 amide bonds. The lowest BCUT2D eigenvalue weighted by Gasteiger charge is -2.15. The highest BCUT2D eigenvalue weighted by Gasteiger charge is 2.32. The minimum Gasteiger partial charge on any atom is -0.488 e. The predicted octanol–water partition coefficient (Wildman–Crippen LogP) is 4.41. The molecule has 2 saturated heterocycles. The third kappa shape index (κ3) is 11.6. The number of rotatable bonds is 11. The number of hydrogen-bond acceptors (Lipinski definition) is 12. The molecule has 2 aliphatic heterocycles. The molecule has 2 atom stereocenters. The number of anilines is 1. The zero-order chi connectivity index (χ0) is 34.5. The largest absolute Gasteiger partial charge is 0.488 e. The third-order valence-corrected chi connectivity index (χ3v) is 11.5. The van der Waals surface area contributed by atoms with Crippen LogP contribution in [0.3, 0.4) is 0 Å². The van der Waals surface area contributed by atoms with Crippen LogP contribution < -0.4 is 24.2 Å². The fourth-order valence-electron chi connectivity index (χ4n) is 4.45. The smallest absolute Gasteiger partial charge is 0.277 e. The molecule has 3 heterocycles. The van der Waals surface area contributed by atoms with Crippen molar-refractivity contribution < 1.29 is 44.9 Å². The van der Waals surface area contributed by atoms with Gasteiger partial charge in [0.05, 0.1) is 36.6 Å². The standard InChI is InChI=1S/C25H29N2O8PS2.C4H10N2O2S/c1-4-33-36(2,29)15-18-16-37-25(26-18)27-24(28)17-11-21(13-22(12-17)35-20-9-10-32-14-20)34-19-5-7-23(8-6-19)38(3,30)31;1-4(2)3-5-9(7,8)6-4/h5-8,11-13,16,20H,4,9-10,14-15H2,1-3H3,(H,26,27,28);5-6H,3H2,1-2H3. The number of carbonyl (C=O) groups excluding carboxylic acids is 1. The van der Waals surface area contributed by atoms with Gasteiger partial charge in [-0.3, -0.25) is 14.7 Å². The number of thiazole rings is 1. The Balaban J connectivity index is 0.000000479. The summed E-state index contributed by atoms with van der Waals surface area (Å²) in [5.74, 6) is 0.732. The summed E-state index contributed by atoms with van der Waals surface area (Å²) in [7, 11) is -9.31. The van der Waals surface area contributed by atoms with Crippen molar-refractivity contribution >= 4 is 49.8 Å². The van der Waals surface area contributed by atoms with E-state index in [0.717, 1.165) is 12.7 Å². The number of carbonyl (C=O) groups is 1. The summed E-state index contributed by atoms with van der Waals surface area (Å²) >= 11 is 1.22. The van der Waals surface area contributed by atoms with Crippen molar-refractivity contribution in [1.82, 2.24) is 14.4 Å². The Kier molecular flexibility index (Phi) is 11.9. The summed E-state index contributed by atoms with van der Waals surface area (Å²) in [6, 6.07) is 10.8. The Labute approximate surface area is 279 Å². The summed E-state index contributed by atoms with van der Waals surface area (Å²) in [6.07, 6.45) is 1.89. The zero-order valence-electron chi connectivity index (χ0n) is 26.6. The molecule has 0 aliphatic carbocycles.